The summed E-state index contributed by atoms with van der Waals surface area (Å²) < 4.78 is 0. The van der Waals surface area contributed by atoms with Crippen LogP contribution in [0.5, 0.6) is 0 Å². The van der Waals surface area contributed by atoms with E-state index in [0.29, 0.717) is 17.4 Å². The van der Waals surface area contributed by atoms with Crippen molar-refractivity contribution in [1.82, 2.24) is 5.32 Å². The molecule has 2 aliphatic rings. The number of carboxylic acid groups (broad SMARTS) is 1. The highest BCUT2D eigenvalue weighted by atomic mass is 16.4. The zero-order chi connectivity index (χ0) is 9.64. The molecule has 74 valence electrons. The third kappa shape index (κ3) is 1.85. The van der Waals surface area contributed by atoms with Crippen molar-refractivity contribution >= 4 is 5.97 Å². The van der Waals surface area contributed by atoms with Gasteiger partial charge < -0.3 is 10.4 Å². The zero-order valence-corrected chi connectivity index (χ0v) is 8.21. The van der Waals surface area contributed by atoms with E-state index >= 15 is 0 Å². The number of nitrogens with one attached hydrogen (secondary N) is 1. The highest BCUT2D eigenvalue weighted by Crippen LogP contribution is 2.46. The Balaban J connectivity index is 1.87. The van der Waals surface area contributed by atoms with E-state index in [2.05, 4.69) is 19.2 Å². The van der Waals surface area contributed by atoms with E-state index in [1.54, 1.807) is 0 Å². The van der Waals surface area contributed by atoms with E-state index in [1.807, 2.05) is 0 Å². The molecule has 0 aromatic carbocycles. The minimum atomic E-state index is -0.676. The summed E-state index contributed by atoms with van der Waals surface area (Å²) in [5, 5.41) is 12.2. The second-order valence-corrected chi connectivity index (χ2v) is 5.07. The van der Waals surface area contributed by atoms with Gasteiger partial charge in [0.05, 0.1) is 0 Å². The molecule has 3 nitrogen and oxygen atoms in total. The van der Waals surface area contributed by atoms with Gasteiger partial charge in [0, 0.05) is 6.04 Å². The molecule has 2 N–H and O–H groups in total. The summed E-state index contributed by atoms with van der Waals surface area (Å²) in [6, 6.07) is 0.140. The fraction of sp³-hybridized carbons (Fsp3) is 0.900. The second kappa shape index (κ2) is 2.71. The average molecular weight is 183 g/mol. The maximum atomic E-state index is 10.9. The molecule has 0 aromatic rings. The van der Waals surface area contributed by atoms with Crippen LogP contribution < -0.4 is 5.32 Å². The summed E-state index contributed by atoms with van der Waals surface area (Å²) in [6.45, 7) is 4.35. The molecular weight excluding hydrogens is 166 g/mol. The van der Waals surface area contributed by atoms with Crippen molar-refractivity contribution in [3.8, 4) is 0 Å². The van der Waals surface area contributed by atoms with Crippen LogP contribution in [0.3, 0.4) is 0 Å². The van der Waals surface area contributed by atoms with E-state index in [0.717, 1.165) is 19.3 Å². The molecule has 0 radical (unpaired) electrons. The molecule has 2 aliphatic carbocycles. The molecule has 2 saturated carbocycles. The van der Waals surface area contributed by atoms with E-state index in [1.165, 1.54) is 0 Å². The largest absolute Gasteiger partial charge is 0.480 e. The lowest BCUT2D eigenvalue weighted by Crippen LogP contribution is -2.41. The van der Waals surface area contributed by atoms with Crippen molar-refractivity contribution < 1.29 is 9.90 Å². The van der Waals surface area contributed by atoms with Gasteiger partial charge in [-0.15, -0.1) is 0 Å². The summed E-state index contributed by atoms with van der Waals surface area (Å²) in [4.78, 5) is 10.9. The minimum absolute atomic E-state index is 0.285. The van der Waals surface area contributed by atoms with Gasteiger partial charge in [0.25, 0.3) is 0 Å². The topological polar surface area (TPSA) is 49.3 Å². The van der Waals surface area contributed by atoms with Crippen LogP contribution in [-0.4, -0.2) is 23.2 Å². The second-order valence-electron chi connectivity index (χ2n) is 5.07. The monoisotopic (exact) mass is 183 g/mol. The molecule has 0 heterocycles. The highest BCUT2D eigenvalue weighted by Gasteiger charge is 2.49. The molecule has 2 fully saturated rings. The summed E-state index contributed by atoms with van der Waals surface area (Å²) in [7, 11) is 0. The first-order valence-electron chi connectivity index (χ1n) is 4.99. The first kappa shape index (κ1) is 9.00. The molecular formula is C10H17NO2. The smallest absolute Gasteiger partial charge is 0.320 e. The maximum Gasteiger partial charge on any atom is 0.320 e. The van der Waals surface area contributed by atoms with Crippen molar-refractivity contribution in [2.24, 2.45) is 11.3 Å². The molecule has 0 aromatic heterocycles. The fourth-order valence-corrected chi connectivity index (χ4v) is 1.81. The molecule has 2 atom stereocenters. The van der Waals surface area contributed by atoms with Crippen LogP contribution in [0.1, 0.15) is 33.1 Å². The molecule has 2 rings (SSSR count). The molecule has 2 unspecified atom stereocenters. The predicted molar refractivity (Wildman–Crippen MR) is 49.5 cm³/mol. The third-order valence-electron chi connectivity index (χ3n) is 3.25. The third-order valence-corrected chi connectivity index (χ3v) is 3.25. The summed E-state index contributed by atoms with van der Waals surface area (Å²) in [5.41, 5.74) is 0.322. The number of hydrogen-bond donors (Lipinski definition) is 2. The molecule has 0 saturated heterocycles. The first-order chi connectivity index (χ1) is 6.00. The van der Waals surface area contributed by atoms with E-state index in [-0.39, 0.29) is 6.04 Å². The van der Waals surface area contributed by atoms with Gasteiger partial charge in [-0.1, -0.05) is 13.8 Å². The minimum Gasteiger partial charge on any atom is -0.480 e. The van der Waals surface area contributed by atoms with E-state index < -0.39 is 5.97 Å². The number of carbonyl (C=O) groups is 1. The SMILES string of the molecule is CC1(C)CC1NC(C(=O)O)C1CC1. The van der Waals surface area contributed by atoms with Crippen LogP contribution >= 0.6 is 0 Å². The van der Waals surface area contributed by atoms with Gasteiger partial charge in [-0.3, -0.25) is 4.79 Å². The lowest BCUT2D eigenvalue weighted by molar-refractivity contribution is -0.140. The number of rotatable bonds is 4. The molecule has 13 heavy (non-hydrogen) atoms. The Labute approximate surface area is 78.5 Å². The van der Waals surface area contributed by atoms with Gasteiger partial charge in [-0.25, -0.2) is 0 Å². The lowest BCUT2D eigenvalue weighted by atomic mass is 10.1. The van der Waals surface area contributed by atoms with Crippen LogP contribution in [0.4, 0.5) is 0 Å². The standard InChI is InChI=1S/C10H17NO2/c1-10(2)5-7(10)11-8(9(12)13)6-3-4-6/h6-8,11H,3-5H2,1-2H3,(H,12,13). The molecule has 0 amide bonds. The number of carboxylic acids is 1. The molecule has 0 bridgehead atoms. The quantitative estimate of drug-likeness (QED) is 0.689. The van der Waals surface area contributed by atoms with Gasteiger partial charge in [0.1, 0.15) is 6.04 Å². The van der Waals surface area contributed by atoms with Crippen LogP contribution in [0, 0.1) is 11.3 Å². The Morgan fingerprint density at radius 1 is 1.54 bits per heavy atom. The molecule has 0 aliphatic heterocycles. The predicted octanol–water partition coefficient (Wildman–Crippen LogP) is 1.24. The lowest BCUT2D eigenvalue weighted by Gasteiger charge is -2.14. The van der Waals surface area contributed by atoms with Crippen molar-refractivity contribution in [3.63, 3.8) is 0 Å². The number of hydrogen-bond acceptors (Lipinski definition) is 2. The summed E-state index contributed by atoms with van der Waals surface area (Å²) in [5.74, 6) is -0.279. The average Bonchev–Trinajstić information content (AvgIpc) is 2.83. The Hall–Kier alpha value is -0.570. The fourth-order valence-electron chi connectivity index (χ4n) is 1.81. The van der Waals surface area contributed by atoms with Crippen LogP contribution in [0.25, 0.3) is 0 Å². The van der Waals surface area contributed by atoms with Crippen LogP contribution in [0.15, 0.2) is 0 Å². The number of aliphatic carboxylic acids is 1. The highest BCUT2D eigenvalue weighted by molar-refractivity contribution is 5.74. The normalized spacial score (nSPS) is 32.6. The van der Waals surface area contributed by atoms with Crippen molar-refractivity contribution in [1.29, 1.82) is 0 Å². The summed E-state index contributed by atoms with van der Waals surface area (Å²) in [6.07, 6.45) is 3.28. The zero-order valence-electron chi connectivity index (χ0n) is 8.21. The van der Waals surface area contributed by atoms with Crippen molar-refractivity contribution in [2.45, 2.75) is 45.2 Å². The van der Waals surface area contributed by atoms with Crippen molar-refractivity contribution in [3.05, 3.63) is 0 Å². The summed E-state index contributed by atoms with van der Waals surface area (Å²) >= 11 is 0. The Morgan fingerprint density at radius 2 is 2.08 bits per heavy atom. The van der Waals surface area contributed by atoms with Gasteiger partial charge in [0.15, 0.2) is 0 Å². The Morgan fingerprint density at radius 3 is 2.38 bits per heavy atom. The van der Waals surface area contributed by atoms with Gasteiger partial charge >= 0.3 is 5.97 Å². The maximum absolute atomic E-state index is 10.9. The van der Waals surface area contributed by atoms with Crippen LogP contribution in [-0.2, 0) is 4.79 Å². The van der Waals surface area contributed by atoms with Gasteiger partial charge in [-0.2, -0.15) is 0 Å². The van der Waals surface area contributed by atoms with E-state index in [9.17, 15) is 4.79 Å². The van der Waals surface area contributed by atoms with Gasteiger partial charge in [-0.05, 0) is 30.6 Å². The van der Waals surface area contributed by atoms with Crippen molar-refractivity contribution in [2.75, 3.05) is 0 Å². The Kier molecular flexibility index (Phi) is 1.88. The molecule has 3 heteroatoms. The first-order valence-corrected chi connectivity index (χ1v) is 4.99. The van der Waals surface area contributed by atoms with Crippen LogP contribution in [0.2, 0.25) is 0 Å². The Bertz CT molecular complexity index is 233. The molecule has 0 spiro atoms. The van der Waals surface area contributed by atoms with Gasteiger partial charge in [0.2, 0.25) is 0 Å². The van der Waals surface area contributed by atoms with E-state index in [4.69, 9.17) is 5.11 Å².